The number of rotatable bonds is 6. The van der Waals surface area contributed by atoms with E-state index in [0.717, 1.165) is 36.7 Å². The molecule has 0 aliphatic heterocycles. The summed E-state index contributed by atoms with van der Waals surface area (Å²) in [6, 6.07) is 7.19. The largest absolute Gasteiger partial charge is 0.370 e. The normalized spacial score (nSPS) is 10.5. The SMILES string of the molecule is CCCc1nc(NCC)cc(Nc2ccc(Cl)cc2Cl)n1. The van der Waals surface area contributed by atoms with Crippen LogP contribution in [-0.2, 0) is 6.42 Å². The minimum atomic E-state index is 0.558. The quantitative estimate of drug-likeness (QED) is 0.792. The number of hydrogen-bond acceptors (Lipinski definition) is 4. The molecule has 0 unspecified atom stereocenters. The van der Waals surface area contributed by atoms with Crippen molar-refractivity contribution in [2.75, 3.05) is 17.2 Å². The van der Waals surface area contributed by atoms with Crippen molar-refractivity contribution in [1.29, 1.82) is 0 Å². The molecule has 0 fully saturated rings. The van der Waals surface area contributed by atoms with Crippen LogP contribution in [0.5, 0.6) is 0 Å². The van der Waals surface area contributed by atoms with Crippen molar-refractivity contribution in [3.63, 3.8) is 0 Å². The lowest BCUT2D eigenvalue weighted by Gasteiger charge is -2.11. The van der Waals surface area contributed by atoms with E-state index in [2.05, 4.69) is 27.5 Å². The van der Waals surface area contributed by atoms with Crippen LogP contribution >= 0.6 is 23.2 Å². The van der Waals surface area contributed by atoms with E-state index < -0.39 is 0 Å². The second kappa shape index (κ2) is 7.48. The first-order valence-electron chi connectivity index (χ1n) is 6.96. The number of anilines is 3. The van der Waals surface area contributed by atoms with Crippen LogP contribution in [0.15, 0.2) is 24.3 Å². The van der Waals surface area contributed by atoms with E-state index in [1.165, 1.54) is 0 Å². The van der Waals surface area contributed by atoms with Crippen molar-refractivity contribution in [2.24, 2.45) is 0 Å². The minimum absolute atomic E-state index is 0.558. The summed E-state index contributed by atoms with van der Waals surface area (Å²) in [5.74, 6) is 2.33. The maximum atomic E-state index is 6.18. The van der Waals surface area contributed by atoms with Gasteiger partial charge in [0.25, 0.3) is 0 Å². The van der Waals surface area contributed by atoms with Crippen LogP contribution in [-0.4, -0.2) is 16.5 Å². The van der Waals surface area contributed by atoms with Crippen molar-refractivity contribution in [1.82, 2.24) is 9.97 Å². The predicted octanol–water partition coefficient (Wildman–Crippen LogP) is 4.91. The molecule has 2 N–H and O–H groups in total. The van der Waals surface area contributed by atoms with Crippen LogP contribution < -0.4 is 10.6 Å². The average Bonchev–Trinajstić information content (AvgIpc) is 2.42. The summed E-state index contributed by atoms with van der Waals surface area (Å²) >= 11 is 12.1. The molecular weight excluding hydrogens is 307 g/mol. The molecule has 2 rings (SSSR count). The lowest BCUT2D eigenvalue weighted by atomic mass is 10.3. The van der Waals surface area contributed by atoms with Gasteiger partial charge in [0.2, 0.25) is 0 Å². The Balaban J connectivity index is 2.29. The summed E-state index contributed by atoms with van der Waals surface area (Å²) < 4.78 is 0. The first-order chi connectivity index (χ1) is 10.1. The van der Waals surface area contributed by atoms with Gasteiger partial charge in [0.15, 0.2) is 0 Å². The third-order valence-corrected chi connectivity index (χ3v) is 3.35. The smallest absolute Gasteiger partial charge is 0.136 e. The Morgan fingerprint density at radius 2 is 1.81 bits per heavy atom. The number of hydrogen-bond donors (Lipinski definition) is 2. The second-order valence-electron chi connectivity index (χ2n) is 4.58. The molecule has 112 valence electrons. The first kappa shape index (κ1) is 15.9. The van der Waals surface area contributed by atoms with Crippen molar-refractivity contribution >= 4 is 40.5 Å². The van der Waals surface area contributed by atoms with Crippen LogP contribution in [0, 0.1) is 0 Å². The van der Waals surface area contributed by atoms with Crippen molar-refractivity contribution in [3.8, 4) is 0 Å². The van der Waals surface area contributed by atoms with Gasteiger partial charge < -0.3 is 10.6 Å². The number of aryl methyl sites for hydroxylation is 1. The van der Waals surface area contributed by atoms with Gasteiger partial charge in [-0.25, -0.2) is 9.97 Å². The Morgan fingerprint density at radius 3 is 2.48 bits per heavy atom. The molecule has 2 aromatic rings. The highest BCUT2D eigenvalue weighted by Gasteiger charge is 2.07. The van der Waals surface area contributed by atoms with E-state index in [4.69, 9.17) is 23.2 Å². The van der Waals surface area contributed by atoms with E-state index >= 15 is 0 Å². The van der Waals surface area contributed by atoms with E-state index in [9.17, 15) is 0 Å². The fourth-order valence-electron chi connectivity index (χ4n) is 1.90. The minimum Gasteiger partial charge on any atom is -0.370 e. The molecule has 0 saturated carbocycles. The molecule has 0 aliphatic rings. The van der Waals surface area contributed by atoms with Gasteiger partial charge in [-0.3, -0.25) is 0 Å². The fourth-order valence-corrected chi connectivity index (χ4v) is 2.35. The van der Waals surface area contributed by atoms with Crippen LogP contribution in [0.3, 0.4) is 0 Å². The van der Waals surface area contributed by atoms with Crippen LogP contribution in [0.25, 0.3) is 0 Å². The number of nitrogens with zero attached hydrogens (tertiary/aromatic N) is 2. The summed E-state index contributed by atoms with van der Waals surface area (Å²) in [5, 5.41) is 7.59. The number of benzene rings is 1. The second-order valence-corrected chi connectivity index (χ2v) is 5.43. The maximum Gasteiger partial charge on any atom is 0.136 e. The Morgan fingerprint density at radius 1 is 1.05 bits per heavy atom. The van der Waals surface area contributed by atoms with Crippen LogP contribution in [0.4, 0.5) is 17.3 Å². The standard InChI is InChI=1S/C15H18Cl2N4/c1-3-5-13-20-14(18-4-2)9-15(21-13)19-12-7-6-10(16)8-11(12)17/h6-9H,3-5H2,1-2H3,(H2,18,19,20,21). The molecule has 0 spiro atoms. The molecule has 6 heteroatoms. The third-order valence-electron chi connectivity index (χ3n) is 2.80. The molecule has 0 atom stereocenters. The topological polar surface area (TPSA) is 49.8 Å². The summed E-state index contributed by atoms with van der Waals surface area (Å²) in [6.07, 6.45) is 1.83. The number of aromatic nitrogens is 2. The summed E-state index contributed by atoms with van der Waals surface area (Å²) in [5.41, 5.74) is 0.768. The van der Waals surface area contributed by atoms with E-state index in [1.54, 1.807) is 12.1 Å². The molecule has 0 bridgehead atoms. The molecule has 0 aliphatic carbocycles. The third kappa shape index (κ3) is 4.48. The lowest BCUT2D eigenvalue weighted by molar-refractivity contribution is 0.837. The van der Waals surface area contributed by atoms with Crippen molar-refractivity contribution in [2.45, 2.75) is 26.7 Å². The molecule has 21 heavy (non-hydrogen) atoms. The van der Waals surface area contributed by atoms with Gasteiger partial charge in [0, 0.05) is 24.1 Å². The fraction of sp³-hybridized carbons (Fsp3) is 0.333. The number of halogens is 2. The highest BCUT2D eigenvalue weighted by atomic mass is 35.5. The van der Waals surface area contributed by atoms with Gasteiger partial charge in [-0.1, -0.05) is 30.1 Å². The highest BCUT2D eigenvalue weighted by Crippen LogP contribution is 2.28. The molecule has 1 aromatic carbocycles. The van der Waals surface area contributed by atoms with Crippen LogP contribution in [0.2, 0.25) is 10.0 Å². The molecule has 1 heterocycles. The maximum absolute atomic E-state index is 6.18. The molecule has 4 nitrogen and oxygen atoms in total. The molecule has 0 amide bonds. The zero-order chi connectivity index (χ0) is 15.2. The summed E-state index contributed by atoms with van der Waals surface area (Å²) in [4.78, 5) is 8.99. The Kier molecular flexibility index (Phi) is 5.65. The zero-order valence-electron chi connectivity index (χ0n) is 12.1. The predicted molar refractivity (Wildman–Crippen MR) is 89.9 cm³/mol. The van der Waals surface area contributed by atoms with E-state index in [1.807, 2.05) is 19.1 Å². The number of nitrogens with one attached hydrogen (secondary N) is 2. The van der Waals surface area contributed by atoms with Crippen LogP contribution in [0.1, 0.15) is 26.1 Å². The molecule has 0 saturated heterocycles. The van der Waals surface area contributed by atoms with Gasteiger partial charge in [-0.15, -0.1) is 0 Å². The lowest BCUT2D eigenvalue weighted by Crippen LogP contribution is -2.06. The van der Waals surface area contributed by atoms with E-state index in [0.29, 0.717) is 15.9 Å². The zero-order valence-corrected chi connectivity index (χ0v) is 13.6. The monoisotopic (exact) mass is 324 g/mol. The molecule has 0 radical (unpaired) electrons. The summed E-state index contributed by atoms with van der Waals surface area (Å²) in [7, 11) is 0. The van der Waals surface area contributed by atoms with Gasteiger partial charge in [-0.05, 0) is 31.5 Å². The summed E-state index contributed by atoms with van der Waals surface area (Å²) in [6.45, 7) is 4.95. The first-order valence-corrected chi connectivity index (χ1v) is 7.72. The molecular formula is C15H18Cl2N4. The Bertz CT molecular complexity index is 592. The van der Waals surface area contributed by atoms with Gasteiger partial charge in [0.1, 0.15) is 17.5 Å². The Labute approximate surface area is 134 Å². The van der Waals surface area contributed by atoms with Crippen molar-refractivity contribution in [3.05, 3.63) is 40.1 Å². The van der Waals surface area contributed by atoms with Gasteiger partial charge >= 0.3 is 0 Å². The highest BCUT2D eigenvalue weighted by molar-refractivity contribution is 6.36. The van der Waals surface area contributed by atoms with Crippen molar-refractivity contribution < 1.29 is 0 Å². The Hall–Kier alpha value is -1.52. The van der Waals surface area contributed by atoms with Gasteiger partial charge in [-0.2, -0.15) is 0 Å². The average molecular weight is 325 g/mol. The molecule has 1 aromatic heterocycles. The van der Waals surface area contributed by atoms with Gasteiger partial charge in [0.05, 0.1) is 10.7 Å². The van der Waals surface area contributed by atoms with E-state index in [-0.39, 0.29) is 0 Å².